The summed E-state index contributed by atoms with van der Waals surface area (Å²) in [6.45, 7) is -11.4. The van der Waals surface area contributed by atoms with E-state index in [0.29, 0.717) is 5.56 Å². The van der Waals surface area contributed by atoms with Crippen LogP contribution >= 0.6 is 0 Å². The van der Waals surface area contributed by atoms with Gasteiger partial charge in [0.25, 0.3) is 5.91 Å². The lowest BCUT2D eigenvalue weighted by Gasteiger charge is -2.24. The number of fused-ring (bicyclic) bond motifs is 1. The third-order valence-corrected chi connectivity index (χ3v) is 7.39. The summed E-state index contributed by atoms with van der Waals surface area (Å²) < 4.78 is 131. The molecule has 0 aliphatic rings. The van der Waals surface area contributed by atoms with Crippen LogP contribution in [0.3, 0.4) is 0 Å². The van der Waals surface area contributed by atoms with Crippen LogP contribution in [0.2, 0.25) is 0 Å². The third-order valence-electron chi connectivity index (χ3n) is 6.21. The standard InChI is InChI=1S/C31H32F2N2O5S/c1-6-26(36)28-24-17-23(20-8-7-9-21(16-20)30(37)34-31(2,3)4)25(35(15-14-32)41(5,38)39)18-27(24)40-29(28)19-10-12-22(33)13-11-19/h7-13,16-18H,6,14-15H2,1-5H3,(H,34,37)/i2D3,3D3,4D3. The van der Waals surface area contributed by atoms with Crippen molar-refractivity contribution in [1.82, 2.24) is 5.32 Å². The van der Waals surface area contributed by atoms with Gasteiger partial charge >= 0.3 is 0 Å². The fourth-order valence-corrected chi connectivity index (χ4v) is 5.35. The number of sulfonamides is 1. The topological polar surface area (TPSA) is 96.7 Å². The van der Waals surface area contributed by atoms with Gasteiger partial charge in [0, 0.05) is 52.4 Å². The van der Waals surface area contributed by atoms with E-state index in [0.717, 1.165) is 34.8 Å². The number of carbonyl (C=O) groups excluding carboxylic acids is 2. The molecule has 0 radical (unpaired) electrons. The largest absolute Gasteiger partial charge is 0.455 e. The molecule has 7 nitrogen and oxygen atoms in total. The lowest BCUT2D eigenvalue weighted by molar-refractivity contribution is 0.0918. The van der Waals surface area contributed by atoms with E-state index < -0.39 is 72.4 Å². The maximum atomic E-state index is 13.8. The molecule has 0 atom stereocenters. The molecule has 0 saturated carbocycles. The Balaban J connectivity index is 2.02. The molecule has 3 aromatic carbocycles. The number of benzene rings is 3. The number of furan rings is 1. The van der Waals surface area contributed by atoms with Crippen LogP contribution in [0.1, 0.15) is 67.0 Å². The van der Waals surface area contributed by atoms with Crippen molar-refractivity contribution in [3.05, 3.63) is 77.6 Å². The monoisotopic (exact) mass is 591 g/mol. The Morgan fingerprint density at radius 1 is 1.05 bits per heavy atom. The van der Waals surface area contributed by atoms with Crippen molar-refractivity contribution in [3.8, 4) is 22.5 Å². The Bertz CT molecular complexity index is 2010. The first-order valence-corrected chi connectivity index (χ1v) is 14.2. The quantitative estimate of drug-likeness (QED) is 0.217. The van der Waals surface area contributed by atoms with Gasteiger partial charge in [0.05, 0.1) is 24.1 Å². The van der Waals surface area contributed by atoms with Gasteiger partial charge < -0.3 is 9.73 Å². The minimum absolute atomic E-state index is 0.00507. The molecule has 0 aliphatic heterocycles. The summed E-state index contributed by atoms with van der Waals surface area (Å²) in [6.07, 6.45) is 0.835. The molecule has 10 heteroatoms. The van der Waals surface area contributed by atoms with Gasteiger partial charge in [-0.2, -0.15) is 0 Å². The summed E-state index contributed by atoms with van der Waals surface area (Å²) in [4.78, 5) is 26.9. The second kappa shape index (κ2) is 11.4. The van der Waals surface area contributed by atoms with Crippen molar-refractivity contribution in [2.75, 3.05) is 23.8 Å². The van der Waals surface area contributed by atoms with Crippen molar-refractivity contribution >= 4 is 38.4 Å². The van der Waals surface area contributed by atoms with Gasteiger partial charge in [-0.25, -0.2) is 17.2 Å². The van der Waals surface area contributed by atoms with E-state index in [2.05, 4.69) is 0 Å². The van der Waals surface area contributed by atoms with E-state index in [1.807, 2.05) is 0 Å². The molecule has 1 N–H and O–H groups in total. The number of Topliss-reactive ketones (excluding diaryl/α,β-unsaturated/α-hetero) is 1. The van der Waals surface area contributed by atoms with E-state index in [-0.39, 0.29) is 45.5 Å². The molecule has 4 aromatic rings. The highest BCUT2D eigenvalue weighted by Crippen LogP contribution is 2.42. The predicted octanol–water partition coefficient (Wildman–Crippen LogP) is 6.76. The fourth-order valence-electron chi connectivity index (χ4n) is 4.44. The summed E-state index contributed by atoms with van der Waals surface area (Å²) in [5, 5.41) is 1.93. The number of carbonyl (C=O) groups is 2. The lowest BCUT2D eigenvalue weighted by Crippen LogP contribution is -2.40. The normalized spacial score (nSPS) is 16.1. The summed E-state index contributed by atoms with van der Waals surface area (Å²) in [5.74, 6) is -2.28. The number of anilines is 1. The first kappa shape index (κ1) is 19.9. The van der Waals surface area contributed by atoms with Gasteiger partial charge in [-0.1, -0.05) is 19.1 Å². The number of ketones is 1. The van der Waals surface area contributed by atoms with E-state index in [4.69, 9.17) is 16.8 Å². The molecule has 0 bridgehead atoms. The minimum Gasteiger partial charge on any atom is -0.455 e. The highest BCUT2D eigenvalue weighted by atomic mass is 32.2. The van der Waals surface area contributed by atoms with Crippen molar-refractivity contribution in [2.24, 2.45) is 0 Å². The second-order valence-corrected chi connectivity index (χ2v) is 11.2. The van der Waals surface area contributed by atoms with Gasteiger partial charge in [0.1, 0.15) is 23.8 Å². The zero-order valence-electron chi connectivity index (χ0n) is 31.0. The van der Waals surface area contributed by atoms with Crippen molar-refractivity contribution in [2.45, 2.75) is 39.4 Å². The molecule has 0 saturated heterocycles. The fraction of sp³-hybridized carbons (Fsp3) is 0.290. The molecular formula is C31H32F2N2O5S. The molecule has 0 aliphatic carbocycles. The summed E-state index contributed by atoms with van der Waals surface area (Å²) in [6, 6.07) is 12.7. The molecule has 1 amide bonds. The number of hydrogen-bond donors (Lipinski definition) is 1. The molecule has 216 valence electrons. The molecule has 4 rings (SSSR count). The van der Waals surface area contributed by atoms with Crippen LogP contribution in [0.5, 0.6) is 0 Å². The van der Waals surface area contributed by atoms with Gasteiger partial charge in [0.2, 0.25) is 10.0 Å². The van der Waals surface area contributed by atoms with Gasteiger partial charge in [0.15, 0.2) is 5.78 Å². The summed E-state index contributed by atoms with van der Waals surface area (Å²) in [7, 11) is -4.18. The number of nitrogens with zero attached hydrogens (tertiary/aromatic N) is 1. The molecule has 0 spiro atoms. The van der Waals surface area contributed by atoms with Gasteiger partial charge in [-0.15, -0.1) is 0 Å². The van der Waals surface area contributed by atoms with Gasteiger partial charge in [-0.3, -0.25) is 13.9 Å². The average molecular weight is 592 g/mol. The number of amides is 1. The lowest BCUT2D eigenvalue weighted by atomic mass is 9.95. The zero-order chi connectivity index (χ0) is 37.6. The van der Waals surface area contributed by atoms with Crippen LogP contribution in [-0.2, 0) is 10.0 Å². The summed E-state index contributed by atoms with van der Waals surface area (Å²) >= 11 is 0. The van der Waals surface area contributed by atoms with Crippen molar-refractivity contribution < 1.29 is 43.5 Å². The van der Waals surface area contributed by atoms with Crippen LogP contribution in [0.4, 0.5) is 14.5 Å². The van der Waals surface area contributed by atoms with Crippen LogP contribution in [0.15, 0.2) is 65.1 Å². The second-order valence-electron chi connectivity index (χ2n) is 9.26. The Morgan fingerprint density at radius 2 is 1.76 bits per heavy atom. The van der Waals surface area contributed by atoms with Crippen LogP contribution in [0.25, 0.3) is 33.4 Å². The molecule has 41 heavy (non-hydrogen) atoms. The molecule has 0 unspecified atom stereocenters. The number of alkyl halides is 1. The third kappa shape index (κ3) is 6.48. The number of halogens is 2. The molecule has 0 fully saturated rings. The van der Waals surface area contributed by atoms with E-state index in [1.165, 1.54) is 36.4 Å². The predicted molar refractivity (Wildman–Crippen MR) is 157 cm³/mol. The van der Waals surface area contributed by atoms with Crippen LogP contribution in [0, 0.1) is 5.82 Å². The first-order chi connectivity index (χ1) is 23.0. The maximum absolute atomic E-state index is 13.8. The number of nitrogens with one attached hydrogen (secondary N) is 1. The maximum Gasteiger partial charge on any atom is 0.251 e. The smallest absolute Gasteiger partial charge is 0.251 e. The van der Waals surface area contributed by atoms with E-state index in [9.17, 15) is 26.8 Å². The molecule has 1 aromatic heterocycles. The SMILES string of the molecule is [2H]C([2H])([2H])C(NC(=O)c1cccc(-c2cc3c(C(=O)CC)c(-c4ccc(F)cc4)oc3cc2N(CCF)S(C)(=O)=O)c1)(C([2H])([2H])[2H])C([2H])([2H])[2H]. The highest BCUT2D eigenvalue weighted by Gasteiger charge is 2.27. The van der Waals surface area contributed by atoms with E-state index >= 15 is 0 Å². The average Bonchev–Trinajstić information content (AvgIpc) is 3.37. The Kier molecular flexibility index (Phi) is 5.56. The highest BCUT2D eigenvalue weighted by molar-refractivity contribution is 7.92. The molecule has 1 heterocycles. The van der Waals surface area contributed by atoms with Gasteiger partial charge in [-0.05, 0) is 68.6 Å². The number of rotatable bonds is 9. The van der Waals surface area contributed by atoms with Crippen molar-refractivity contribution in [3.63, 3.8) is 0 Å². The van der Waals surface area contributed by atoms with Crippen LogP contribution < -0.4 is 9.62 Å². The summed E-state index contributed by atoms with van der Waals surface area (Å²) in [5.41, 5.74) is -3.74. The first-order valence-electron chi connectivity index (χ1n) is 16.8. The molecular weight excluding hydrogens is 550 g/mol. The Hall–Kier alpha value is -4.05. The Morgan fingerprint density at radius 3 is 2.37 bits per heavy atom. The van der Waals surface area contributed by atoms with E-state index in [1.54, 1.807) is 12.2 Å². The van der Waals surface area contributed by atoms with Crippen LogP contribution in [-0.4, -0.2) is 45.1 Å². The Labute approximate surface area is 250 Å². The zero-order valence-corrected chi connectivity index (χ0v) is 22.9. The minimum atomic E-state index is -4.18. The van der Waals surface area contributed by atoms with Crippen molar-refractivity contribution in [1.29, 1.82) is 0 Å². The number of hydrogen-bond acceptors (Lipinski definition) is 5.